The van der Waals surface area contributed by atoms with Crippen molar-refractivity contribution in [3.8, 4) is 0 Å². The Kier molecular flexibility index (Phi) is 4.91. The number of hydrogen-bond donors (Lipinski definition) is 0. The Hall–Kier alpha value is -2.26. The van der Waals surface area contributed by atoms with Crippen LogP contribution in [0.1, 0.15) is 28.7 Å². The Morgan fingerprint density at radius 1 is 1.00 bits per heavy atom. The number of aldehydes is 1. The fourth-order valence-electron chi connectivity index (χ4n) is 3.39. The lowest BCUT2D eigenvalue weighted by Crippen LogP contribution is -2.31. The second-order valence-electron chi connectivity index (χ2n) is 5.84. The quantitative estimate of drug-likeness (QED) is 0.578. The van der Waals surface area contributed by atoms with Gasteiger partial charge in [-0.3, -0.25) is 4.98 Å². The van der Waals surface area contributed by atoms with Crippen LogP contribution < -0.4 is 0 Å². The molecule has 1 aromatic heterocycles. The van der Waals surface area contributed by atoms with Crippen molar-refractivity contribution in [2.75, 3.05) is 0 Å². The third kappa shape index (κ3) is 2.92. The minimum absolute atomic E-state index is 0.373. The van der Waals surface area contributed by atoms with E-state index in [1.165, 1.54) is 0 Å². The first-order valence-electron chi connectivity index (χ1n) is 7.85. The smallest absolute Gasteiger partial charge is 0.121 e. The van der Waals surface area contributed by atoms with E-state index in [0.29, 0.717) is 6.42 Å². The van der Waals surface area contributed by atoms with Gasteiger partial charge in [0.05, 0.1) is 5.41 Å². The van der Waals surface area contributed by atoms with Gasteiger partial charge >= 0.3 is 0 Å². The van der Waals surface area contributed by atoms with Crippen LogP contribution in [0.4, 0.5) is 0 Å². The molecule has 1 atom stereocenters. The summed E-state index contributed by atoms with van der Waals surface area (Å²) in [5.41, 5.74) is 3.93. The van der Waals surface area contributed by atoms with Crippen molar-refractivity contribution in [3.63, 3.8) is 0 Å². The SMILES string of the molecule is Cc1ccccc1C(CC=O)(c1ccncc1)c1cccc(Br)c1. The van der Waals surface area contributed by atoms with Gasteiger partial charge in [0, 0.05) is 23.3 Å². The molecular weight excluding hydrogens is 362 g/mol. The van der Waals surface area contributed by atoms with Crippen LogP contribution in [-0.4, -0.2) is 11.3 Å². The van der Waals surface area contributed by atoms with Gasteiger partial charge in [-0.2, -0.15) is 0 Å². The largest absolute Gasteiger partial charge is 0.303 e. The van der Waals surface area contributed by atoms with E-state index in [9.17, 15) is 4.79 Å². The average Bonchev–Trinajstić information content (AvgIpc) is 2.61. The van der Waals surface area contributed by atoms with Crippen molar-refractivity contribution >= 4 is 22.2 Å². The zero-order valence-electron chi connectivity index (χ0n) is 13.4. The molecule has 0 fully saturated rings. The fourth-order valence-corrected chi connectivity index (χ4v) is 3.79. The summed E-state index contributed by atoms with van der Waals surface area (Å²) in [4.78, 5) is 15.9. The molecule has 2 nitrogen and oxygen atoms in total. The van der Waals surface area contributed by atoms with Crippen LogP contribution in [0.2, 0.25) is 0 Å². The maximum atomic E-state index is 11.7. The van der Waals surface area contributed by atoms with Gasteiger partial charge in [0.15, 0.2) is 0 Å². The summed E-state index contributed by atoms with van der Waals surface area (Å²) in [7, 11) is 0. The van der Waals surface area contributed by atoms with Crippen LogP contribution in [0.3, 0.4) is 0 Å². The van der Waals surface area contributed by atoms with E-state index in [2.05, 4.69) is 52.1 Å². The molecule has 0 aliphatic rings. The molecule has 24 heavy (non-hydrogen) atoms. The van der Waals surface area contributed by atoms with Gasteiger partial charge in [0.2, 0.25) is 0 Å². The lowest BCUT2D eigenvalue weighted by molar-refractivity contribution is -0.108. The van der Waals surface area contributed by atoms with Gasteiger partial charge in [0.1, 0.15) is 6.29 Å². The molecule has 1 unspecified atom stereocenters. The Morgan fingerprint density at radius 2 is 1.75 bits per heavy atom. The predicted octanol–water partition coefficient (Wildman–Crippen LogP) is 5.08. The first kappa shape index (κ1) is 16.6. The summed E-state index contributed by atoms with van der Waals surface area (Å²) >= 11 is 3.57. The molecule has 0 spiro atoms. The first-order chi connectivity index (χ1) is 11.7. The third-order valence-corrected chi connectivity index (χ3v) is 4.98. The number of rotatable bonds is 5. The van der Waals surface area contributed by atoms with Gasteiger partial charge in [-0.15, -0.1) is 0 Å². The number of carbonyl (C=O) groups is 1. The maximum absolute atomic E-state index is 11.7. The molecular formula is C21H18BrNO. The monoisotopic (exact) mass is 379 g/mol. The number of aromatic nitrogens is 1. The Balaban J connectivity index is 2.38. The van der Waals surface area contributed by atoms with E-state index in [1.807, 2.05) is 36.4 Å². The molecule has 0 N–H and O–H groups in total. The predicted molar refractivity (Wildman–Crippen MR) is 100 cm³/mol. The third-order valence-electron chi connectivity index (χ3n) is 4.48. The number of benzene rings is 2. The Bertz CT molecular complexity index is 847. The van der Waals surface area contributed by atoms with E-state index in [4.69, 9.17) is 0 Å². The Labute approximate surface area is 150 Å². The topological polar surface area (TPSA) is 30.0 Å². The van der Waals surface area contributed by atoms with Crippen LogP contribution in [0.5, 0.6) is 0 Å². The highest BCUT2D eigenvalue weighted by atomic mass is 79.9. The van der Waals surface area contributed by atoms with E-state index < -0.39 is 5.41 Å². The summed E-state index contributed by atoms with van der Waals surface area (Å²) < 4.78 is 0.998. The summed E-state index contributed by atoms with van der Waals surface area (Å²) in [6.07, 6.45) is 4.95. The van der Waals surface area contributed by atoms with Gasteiger partial charge < -0.3 is 4.79 Å². The number of hydrogen-bond acceptors (Lipinski definition) is 2. The zero-order chi connectivity index (χ0) is 17.0. The van der Waals surface area contributed by atoms with Gasteiger partial charge in [0.25, 0.3) is 0 Å². The second kappa shape index (κ2) is 7.10. The lowest BCUT2D eigenvalue weighted by atomic mass is 9.66. The molecule has 0 amide bonds. The normalized spacial score (nSPS) is 13.2. The standard InChI is InChI=1S/C21H18BrNO/c1-16-5-2-3-8-20(16)21(11-14-24,17-9-12-23-13-10-17)18-6-4-7-19(22)15-18/h2-10,12-15H,11H2,1H3. The van der Waals surface area contributed by atoms with Crippen molar-refractivity contribution in [1.82, 2.24) is 4.98 Å². The minimum atomic E-state index is -0.528. The van der Waals surface area contributed by atoms with E-state index in [1.54, 1.807) is 12.4 Å². The minimum Gasteiger partial charge on any atom is -0.303 e. The highest BCUT2D eigenvalue weighted by Crippen LogP contribution is 2.43. The molecule has 0 bridgehead atoms. The first-order valence-corrected chi connectivity index (χ1v) is 8.64. The van der Waals surface area contributed by atoms with Gasteiger partial charge in [-0.05, 0) is 53.4 Å². The van der Waals surface area contributed by atoms with Crippen LogP contribution in [0.15, 0.2) is 77.5 Å². The molecule has 0 radical (unpaired) electrons. The molecule has 120 valence electrons. The number of halogens is 1. The molecule has 1 heterocycles. The molecule has 3 rings (SSSR count). The van der Waals surface area contributed by atoms with Crippen LogP contribution >= 0.6 is 15.9 Å². The van der Waals surface area contributed by atoms with E-state index in [0.717, 1.165) is 33.0 Å². The summed E-state index contributed by atoms with van der Waals surface area (Å²) in [6, 6.07) is 20.4. The van der Waals surface area contributed by atoms with E-state index in [-0.39, 0.29) is 0 Å². The highest BCUT2D eigenvalue weighted by Gasteiger charge is 2.37. The molecule has 0 saturated heterocycles. The number of aryl methyl sites for hydroxylation is 1. The number of nitrogens with zero attached hydrogens (tertiary/aromatic N) is 1. The lowest BCUT2D eigenvalue weighted by Gasteiger charge is -2.35. The fraction of sp³-hybridized carbons (Fsp3) is 0.143. The number of carbonyl (C=O) groups excluding carboxylic acids is 1. The molecule has 2 aromatic carbocycles. The molecule has 3 aromatic rings. The van der Waals surface area contributed by atoms with Crippen LogP contribution in [0.25, 0.3) is 0 Å². The molecule has 0 aliphatic heterocycles. The summed E-state index contributed by atoms with van der Waals surface area (Å²) in [5.74, 6) is 0. The van der Waals surface area contributed by atoms with Crippen molar-refractivity contribution in [1.29, 1.82) is 0 Å². The van der Waals surface area contributed by atoms with Crippen molar-refractivity contribution in [2.24, 2.45) is 0 Å². The van der Waals surface area contributed by atoms with Gasteiger partial charge in [-0.25, -0.2) is 0 Å². The summed E-state index contributed by atoms with van der Waals surface area (Å²) in [5, 5.41) is 0. The highest BCUT2D eigenvalue weighted by molar-refractivity contribution is 9.10. The van der Waals surface area contributed by atoms with Crippen LogP contribution in [0, 0.1) is 6.92 Å². The number of pyridine rings is 1. The Morgan fingerprint density at radius 3 is 2.42 bits per heavy atom. The maximum Gasteiger partial charge on any atom is 0.121 e. The van der Waals surface area contributed by atoms with E-state index >= 15 is 0 Å². The summed E-state index contributed by atoms with van der Waals surface area (Å²) in [6.45, 7) is 2.09. The van der Waals surface area contributed by atoms with Crippen molar-refractivity contribution in [3.05, 3.63) is 99.8 Å². The molecule has 0 saturated carbocycles. The zero-order valence-corrected chi connectivity index (χ0v) is 15.0. The second-order valence-corrected chi connectivity index (χ2v) is 6.75. The van der Waals surface area contributed by atoms with Crippen molar-refractivity contribution < 1.29 is 4.79 Å². The van der Waals surface area contributed by atoms with Gasteiger partial charge in [-0.1, -0.05) is 52.3 Å². The van der Waals surface area contributed by atoms with Crippen molar-refractivity contribution in [2.45, 2.75) is 18.8 Å². The van der Waals surface area contributed by atoms with Crippen LogP contribution in [-0.2, 0) is 10.2 Å². The molecule has 0 aliphatic carbocycles. The molecule has 3 heteroatoms. The average molecular weight is 380 g/mol.